The van der Waals surface area contributed by atoms with Crippen molar-refractivity contribution < 1.29 is 4.57 Å². The van der Waals surface area contributed by atoms with Gasteiger partial charge in [0, 0.05) is 17.2 Å². The second-order valence-electron chi connectivity index (χ2n) is 5.01. The number of hydrogen-bond donors (Lipinski definition) is 0. The molecule has 0 unspecified atom stereocenters. The molecule has 1 aromatic carbocycles. The van der Waals surface area contributed by atoms with Gasteiger partial charge in [0.05, 0.1) is 0 Å². The normalized spacial score (nSPS) is 13.4. The lowest BCUT2D eigenvalue weighted by molar-refractivity contribution is -0.660. The third kappa shape index (κ3) is 1.86. The minimum atomic E-state index is 1.06. The Labute approximate surface area is 108 Å². The van der Waals surface area contributed by atoms with E-state index in [4.69, 9.17) is 0 Å². The predicted octanol–water partition coefficient (Wildman–Crippen LogP) is 3.14. The van der Waals surface area contributed by atoms with Gasteiger partial charge >= 0.3 is 0 Å². The summed E-state index contributed by atoms with van der Waals surface area (Å²) >= 11 is 0. The third-order valence-corrected chi connectivity index (χ3v) is 3.72. The van der Waals surface area contributed by atoms with Crippen molar-refractivity contribution in [3.05, 3.63) is 65.4 Å². The molecule has 0 bridgehead atoms. The van der Waals surface area contributed by atoms with Gasteiger partial charge < -0.3 is 0 Å². The Hall–Kier alpha value is -1.89. The summed E-state index contributed by atoms with van der Waals surface area (Å²) < 4.78 is 2.25. The maximum atomic E-state index is 2.35. The Bertz CT molecular complexity index is 624. The quantitative estimate of drug-likeness (QED) is 0.529. The van der Waals surface area contributed by atoms with Crippen molar-refractivity contribution in [2.24, 2.45) is 7.05 Å². The highest BCUT2D eigenvalue weighted by Gasteiger charge is 2.17. The number of pyridine rings is 1. The molecule has 0 spiro atoms. The minimum absolute atomic E-state index is 1.06. The van der Waals surface area contributed by atoms with E-state index >= 15 is 0 Å². The number of benzene rings is 1. The summed E-state index contributed by atoms with van der Waals surface area (Å²) in [6, 6.07) is 10.9. The molecule has 1 aliphatic rings. The van der Waals surface area contributed by atoms with Crippen LogP contribution in [-0.2, 0) is 19.9 Å². The van der Waals surface area contributed by atoms with Gasteiger partial charge in [0.2, 0.25) is 5.69 Å². The van der Waals surface area contributed by atoms with Crippen molar-refractivity contribution >= 4 is 0 Å². The van der Waals surface area contributed by atoms with E-state index in [1.54, 1.807) is 0 Å². The lowest BCUT2D eigenvalue weighted by atomic mass is 9.95. The molecule has 0 atom stereocenters. The Morgan fingerprint density at radius 3 is 2.50 bits per heavy atom. The van der Waals surface area contributed by atoms with Gasteiger partial charge in [0.25, 0.3) is 0 Å². The predicted molar refractivity (Wildman–Crippen MR) is 74.3 cm³/mol. The van der Waals surface area contributed by atoms with Crippen molar-refractivity contribution in [1.82, 2.24) is 0 Å². The zero-order chi connectivity index (χ0) is 12.5. The molecule has 18 heavy (non-hydrogen) atoms. The van der Waals surface area contributed by atoms with Crippen LogP contribution >= 0.6 is 0 Å². The van der Waals surface area contributed by atoms with Gasteiger partial charge in [0.1, 0.15) is 7.05 Å². The summed E-state index contributed by atoms with van der Waals surface area (Å²) in [5.41, 5.74) is 6.89. The van der Waals surface area contributed by atoms with Crippen LogP contribution in [0, 0.1) is 6.92 Å². The fraction of sp³-hybridized carbons (Fsp3) is 0.235. The Morgan fingerprint density at radius 2 is 1.72 bits per heavy atom. The van der Waals surface area contributed by atoms with Crippen LogP contribution in [0.5, 0.6) is 0 Å². The molecular weight excluding hydrogens is 218 g/mol. The monoisotopic (exact) mass is 236 g/mol. The Kier molecular flexibility index (Phi) is 2.75. The smallest absolute Gasteiger partial charge is 0.201 e. The van der Waals surface area contributed by atoms with Gasteiger partial charge in [-0.1, -0.05) is 30.4 Å². The zero-order valence-electron chi connectivity index (χ0n) is 11.0. The molecule has 0 N–H and O–H groups in total. The Balaban J connectivity index is 2.17. The van der Waals surface area contributed by atoms with Crippen LogP contribution in [0.2, 0.25) is 0 Å². The zero-order valence-corrected chi connectivity index (χ0v) is 11.0. The second-order valence-corrected chi connectivity index (χ2v) is 5.01. The van der Waals surface area contributed by atoms with E-state index in [1.807, 2.05) is 0 Å². The lowest BCUT2D eigenvalue weighted by Crippen LogP contribution is -2.32. The number of aromatic nitrogens is 1. The van der Waals surface area contributed by atoms with Crippen LogP contribution < -0.4 is 4.57 Å². The second kappa shape index (κ2) is 4.41. The molecule has 0 saturated carbocycles. The first kappa shape index (κ1) is 11.2. The van der Waals surface area contributed by atoms with Crippen LogP contribution in [-0.4, -0.2) is 0 Å². The molecule has 3 rings (SSSR count). The molecule has 1 aromatic heterocycles. The summed E-state index contributed by atoms with van der Waals surface area (Å²) in [5, 5.41) is 0. The van der Waals surface area contributed by atoms with Gasteiger partial charge in [-0.2, -0.15) is 0 Å². The summed E-state index contributed by atoms with van der Waals surface area (Å²) in [6.45, 7) is 2.18. The number of hydrogen-bond acceptors (Lipinski definition) is 0. The molecule has 0 radical (unpaired) electrons. The summed E-state index contributed by atoms with van der Waals surface area (Å²) in [4.78, 5) is 0. The van der Waals surface area contributed by atoms with Gasteiger partial charge in [0.15, 0.2) is 6.20 Å². The van der Waals surface area contributed by atoms with Crippen LogP contribution in [0.15, 0.2) is 48.7 Å². The molecule has 2 aromatic rings. The molecule has 1 heterocycles. The third-order valence-electron chi connectivity index (χ3n) is 3.72. The Morgan fingerprint density at radius 1 is 1.00 bits per heavy atom. The molecule has 0 amide bonds. The molecule has 90 valence electrons. The molecule has 0 aliphatic heterocycles. The number of rotatable bonds is 1. The molecule has 1 aliphatic carbocycles. The van der Waals surface area contributed by atoms with Crippen molar-refractivity contribution in [1.29, 1.82) is 0 Å². The topological polar surface area (TPSA) is 3.88 Å². The van der Waals surface area contributed by atoms with E-state index in [9.17, 15) is 0 Å². The van der Waals surface area contributed by atoms with E-state index in [0.717, 1.165) is 12.8 Å². The number of allylic oxidation sites excluding steroid dienone is 2. The van der Waals surface area contributed by atoms with Gasteiger partial charge in [-0.3, -0.25) is 0 Å². The summed E-state index contributed by atoms with van der Waals surface area (Å²) in [6.07, 6.45) is 8.94. The highest BCUT2D eigenvalue weighted by molar-refractivity contribution is 5.62. The fourth-order valence-corrected chi connectivity index (χ4v) is 2.67. The standard InChI is InChI=1S/C17H18N/c1-13-7-3-6-10-16(13)17-11-14-8-4-5-9-15(14)12-18(17)2/h3-7,10-12H,8-9H2,1-2H3/q+1. The van der Waals surface area contributed by atoms with Gasteiger partial charge in [-0.05, 0) is 37.0 Å². The van der Waals surface area contributed by atoms with E-state index in [-0.39, 0.29) is 0 Å². The average Bonchev–Trinajstić information content (AvgIpc) is 2.39. The summed E-state index contributed by atoms with van der Waals surface area (Å²) in [7, 11) is 2.14. The van der Waals surface area contributed by atoms with E-state index < -0.39 is 0 Å². The van der Waals surface area contributed by atoms with E-state index in [1.165, 1.54) is 27.9 Å². The van der Waals surface area contributed by atoms with Gasteiger partial charge in [-0.15, -0.1) is 0 Å². The number of nitrogens with zero attached hydrogens (tertiary/aromatic N) is 1. The molecular formula is C17H18N+. The van der Waals surface area contributed by atoms with Crippen molar-refractivity contribution in [2.75, 3.05) is 0 Å². The maximum Gasteiger partial charge on any atom is 0.212 e. The van der Waals surface area contributed by atoms with Crippen molar-refractivity contribution in [3.8, 4) is 11.3 Å². The van der Waals surface area contributed by atoms with E-state index in [2.05, 4.69) is 67.2 Å². The molecule has 0 saturated heterocycles. The first-order valence-electron chi connectivity index (χ1n) is 6.48. The molecule has 0 fully saturated rings. The minimum Gasteiger partial charge on any atom is -0.201 e. The summed E-state index contributed by atoms with van der Waals surface area (Å²) in [5.74, 6) is 0. The molecule has 1 heteroatoms. The number of fused-ring (bicyclic) bond motifs is 1. The highest BCUT2D eigenvalue weighted by Crippen LogP contribution is 2.24. The fourth-order valence-electron chi connectivity index (χ4n) is 2.67. The van der Waals surface area contributed by atoms with Crippen LogP contribution in [0.25, 0.3) is 11.3 Å². The number of aryl methyl sites for hydroxylation is 2. The SMILES string of the molecule is Cc1ccccc1-c1cc2c(c[n+]1C)CC=CC2. The first-order valence-corrected chi connectivity index (χ1v) is 6.48. The van der Waals surface area contributed by atoms with Crippen molar-refractivity contribution in [2.45, 2.75) is 19.8 Å². The van der Waals surface area contributed by atoms with Crippen LogP contribution in [0.4, 0.5) is 0 Å². The molecule has 1 nitrogen and oxygen atoms in total. The largest absolute Gasteiger partial charge is 0.212 e. The van der Waals surface area contributed by atoms with Gasteiger partial charge in [-0.25, -0.2) is 4.57 Å². The van der Waals surface area contributed by atoms with Crippen LogP contribution in [0.1, 0.15) is 16.7 Å². The highest BCUT2D eigenvalue weighted by atomic mass is 14.9. The van der Waals surface area contributed by atoms with Crippen molar-refractivity contribution in [3.63, 3.8) is 0 Å². The average molecular weight is 236 g/mol. The van der Waals surface area contributed by atoms with Crippen LogP contribution in [0.3, 0.4) is 0 Å². The lowest BCUT2D eigenvalue weighted by Gasteiger charge is -2.12. The van der Waals surface area contributed by atoms with E-state index in [0.29, 0.717) is 0 Å². The maximum absolute atomic E-state index is 2.35. The first-order chi connectivity index (χ1) is 8.75.